The van der Waals surface area contributed by atoms with Crippen molar-refractivity contribution in [1.29, 1.82) is 0 Å². The molecule has 1 aromatic heterocycles. The minimum atomic E-state index is 0.535. The highest BCUT2D eigenvalue weighted by molar-refractivity contribution is 5.43. The van der Waals surface area contributed by atoms with Gasteiger partial charge in [0.15, 0.2) is 0 Å². The number of aromatic nitrogens is 2. The Hall–Kier alpha value is -1.32. The van der Waals surface area contributed by atoms with Crippen LogP contribution in [0, 0.1) is 18.8 Å². The summed E-state index contributed by atoms with van der Waals surface area (Å²) in [5.41, 5.74) is 1.00. The van der Waals surface area contributed by atoms with Crippen molar-refractivity contribution in [2.75, 3.05) is 17.2 Å². The summed E-state index contributed by atoms with van der Waals surface area (Å²) in [6.45, 7) is 9.62. The van der Waals surface area contributed by atoms with Gasteiger partial charge in [-0.25, -0.2) is 4.98 Å². The Morgan fingerprint density at radius 2 is 2.05 bits per heavy atom. The SMILES string of the molecule is CCNc1nc(C)cc(NC2CCCC(C)C2C)n1. The lowest BCUT2D eigenvalue weighted by Gasteiger charge is -2.35. The van der Waals surface area contributed by atoms with Crippen LogP contribution in [-0.2, 0) is 0 Å². The minimum absolute atomic E-state index is 0.535. The molecular weight excluding hydrogens is 236 g/mol. The third-order valence-corrected chi connectivity index (χ3v) is 4.23. The Bertz CT molecular complexity index is 419. The molecule has 0 bridgehead atoms. The first-order chi connectivity index (χ1) is 9.10. The van der Waals surface area contributed by atoms with E-state index in [1.54, 1.807) is 0 Å². The molecule has 1 fully saturated rings. The molecule has 1 aromatic rings. The van der Waals surface area contributed by atoms with Gasteiger partial charge >= 0.3 is 0 Å². The minimum Gasteiger partial charge on any atom is -0.367 e. The molecule has 4 nitrogen and oxygen atoms in total. The molecule has 4 heteroatoms. The number of anilines is 2. The molecule has 0 radical (unpaired) electrons. The third kappa shape index (κ3) is 3.58. The van der Waals surface area contributed by atoms with E-state index < -0.39 is 0 Å². The summed E-state index contributed by atoms with van der Waals surface area (Å²) in [5, 5.41) is 6.79. The van der Waals surface area contributed by atoms with Gasteiger partial charge in [-0.05, 0) is 32.1 Å². The van der Waals surface area contributed by atoms with Gasteiger partial charge in [-0.1, -0.05) is 26.7 Å². The molecule has 1 aliphatic carbocycles. The van der Waals surface area contributed by atoms with E-state index in [0.29, 0.717) is 12.0 Å². The maximum absolute atomic E-state index is 4.54. The van der Waals surface area contributed by atoms with Crippen LogP contribution in [0.25, 0.3) is 0 Å². The van der Waals surface area contributed by atoms with Crippen LogP contribution in [0.4, 0.5) is 11.8 Å². The number of hydrogen-bond donors (Lipinski definition) is 2. The topological polar surface area (TPSA) is 49.8 Å². The van der Waals surface area contributed by atoms with E-state index in [1.165, 1.54) is 19.3 Å². The van der Waals surface area contributed by atoms with Gasteiger partial charge in [0.1, 0.15) is 5.82 Å². The summed E-state index contributed by atoms with van der Waals surface area (Å²) in [5.74, 6) is 3.17. The first-order valence-electron chi connectivity index (χ1n) is 7.46. The lowest BCUT2D eigenvalue weighted by molar-refractivity contribution is 0.253. The van der Waals surface area contributed by atoms with E-state index >= 15 is 0 Å². The zero-order valence-corrected chi connectivity index (χ0v) is 12.5. The average Bonchev–Trinajstić information content (AvgIpc) is 2.35. The normalized spacial score (nSPS) is 27.1. The van der Waals surface area contributed by atoms with Crippen LogP contribution < -0.4 is 10.6 Å². The van der Waals surface area contributed by atoms with Crippen molar-refractivity contribution in [3.8, 4) is 0 Å². The van der Waals surface area contributed by atoms with Crippen molar-refractivity contribution in [1.82, 2.24) is 9.97 Å². The fourth-order valence-electron chi connectivity index (χ4n) is 2.86. The number of nitrogens with zero attached hydrogens (tertiary/aromatic N) is 2. The summed E-state index contributed by atoms with van der Waals surface area (Å²) < 4.78 is 0. The molecular formula is C15H26N4. The van der Waals surface area contributed by atoms with E-state index in [4.69, 9.17) is 0 Å². The van der Waals surface area contributed by atoms with E-state index in [-0.39, 0.29) is 0 Å². The maximum Gasteiger partial charge on any atom is 0.224 e. The van der Waals surface area contributed by atoms with Crippen LogP contribution in [0.15, 0.2) is 6.07 Å². The Labute approximate surface area is 116 Å². The standard InChI is InChI=1S/C15H26N4/c1-5-16-15-17-11(3)9-14(19-15)18-13-8-6-7-10(2)12(13)4/h9-10,12-13H,5-8H2,1-4H3,(H2,16,17,18,19). The monoisotopic (exact) mass is 262 g/mol. The summed E-state index contributed by atoms with van der Waals surface area (Å²) in [6, 6.07) is 2.57. The van der Waals surface area contributed by atoms with Crippen molar-refractivity contribution < 1.29 is 0 Å². The smallest absolute Gasteiger partial charge is 0.224 e. The molecule has 0 spiro atoms. The van der Waals surface area contributed by atoms with Crippen LogP contribution in [0.1, 0.15) is 45.7 Å². The fraction of sp³-hybridized carbons (Fsp3) is 0.733. The van der Waals surface area contributed by atoms with Crippen molar-refractivity contribution in [2.45, 2.75) is 53.0 Å². The molecule has 2 rings (SSSR count). The first kappa shape index (κ1) is 14.1. The molecule has 19 heavy (non-hydrogen) atoms. The predicted octanol–water partition coefficient (Wildman–Crippen LogP) is 3.45. The second kappa shape index (κ2) is 6.22. The van der Waals surface area contributed by atoms with Gasteiger partial charge in [0.05, 0.1) is 0 Å². The Kier molecular flexibility index (Phi) is 4.61. The maximum atomic E-state index is 4.54. The number of aryl methyl sites for hydroxylation is 1. The summed E-state index contributed by atoms with van der Waals surface area (Å²) in [6.07, 6.45) is 3.91. The van der Waals surface area contributed by atoms with Crippen LogP contribution >= 0.6 is 0 Å². The lowest BCUT2D eigenvalue weighted by Crippen LogP contribution is -2.35. The van der Waals surface area contributed by atoms with Crippen LogP contribution in [-0.4, -0.2) is 22.6 Å². The van der Waals surface area contributed by atoms with Crippen molar-refractivity contribution >= 4 is 11.8 Å². The predicted molar refractivity (Wildman–Crippen MR) is 80.5 cm³/mol. The van der Waals surface area contributed by atoms with Gasteiger partial charge in [-0.3, -0.25) is 0 Å². The molecule has 106 valence electrons. The van der Waals surface area contributed by atoms with Crippen LogP contribution in [0.2, 0.25) is 0 Å². The number of hydrogen-bond acceptors (Lipinski definition) is 4. The summed E-state index contributed by atoms with van der Waals surface area (Å²) in [4.78, 5) is 8.93. The molecule has 1 saturated carbocycles. The molecule has 1 aliphatic rings. The van der Waals surface area contributed by atoms with E-state index in [0.717, 1.165) is 29.9 Å². The van der Waals surface area contributed by atoms with Gasteiger partial charge in [0, 0.05) is 24.3 Å². The molecule has 3 unspecified atom stereocenters. The van der Waals surface area contributed by atoms with Crippen LogP contribution in [0.3, 0.4) is 0 Å². The highest BCUT2D eigenvalue weighted by Crippen LogP contribution is 2.31. The summed E-state index contributed by atoms with van der Waals surface area (Å²) >= 11 is 0. The molecule has 0 aromatic carbocycles. The van der Waals surface area contributed by atoms with Gasteiger partial charge in [-0.15, -0.1) is 0 Å². The van der Waals surface area contributed by atoms with E-state index in [2.05, 4.69) is 41.4 Å². The van der Waals surface area contributed by atoms with Gasteiger partial charge < -0.3 is 10.6 Å². The number of nitrogens with one attached hydrogen (secondary N) is 2. The molecule has 2 N–H and O–H groups in total. The summed E-state index contributed by atoms with van der Waals surface area (Å²) in [7, 11) is 0. The zero-order valence-electron chi connectivity index (χ0n) is 12.5. The molecule has 0 aliphatic heterocycles. The quantitative estimate of drug-likeness (QED) is 0.872. The first-order valence-corrected chi connectivity index (χ1v) is 7.46. The van der Waals surface area contributed by atoms with Gasteiger partial charge in [0.25, 0.3) is 0 Å². The molecule has 3 atom stereocenters. The average molecular weight is 262 g/mol. The Morgan fingerprint density at radius 1 is 1.26 bits per heavy atom. The van der Waals surface area contributed by atoms with Crippen molar-refractivity contribution in [3.63, 3.8) is 0 Å². The van der Waals surface area contributed by atoms with Gasteiger partial charge in [0.2, 0.25) is 5.95 Å². The molecule has 0 amide bonds. The number of rotatable bonds is 4. The van der Waals surface area contributed by atoms with Crippen molar-refractivity contribution in [3.05, 3.63) is 11.8 Å². The highest BCUT2D eigenvalue weighted by atomic mass is 15.1. The lowest BCUT2D eigenvalue weighted by atomic mass is 9.78. The van der Waals surface area contributed by atoms with Gasteiger partial charge in [-0.2, -0.15) is 4.98 Å². The van der Waals surface area contributed by atoms with E-state index in [1.807, 2.05) is 13.0 Å². The van der Waals surface area contributed by atoms with E-state index in [9.17, 15) is 0 Å². The second-order valence-electron chi connectivity index (χ2n) is 5.77. The Balaban J connectivity index is 2.09. The fourth-order valence-corrected chi connectivity index (χ4v) is 2.86. The second-order valence-corrected chi connectivity index (χ2v) is 5.77. The van der Waals surface area contributed by atoms with Crippen LogP contribution in [0.5, 0.6) is 0 Å². The largest absolute Gasteiger partial charge is 0.367 e. The Morgan fingerprint density at radius 3 is 2.79 bits per heavy atom. The van der Waals surface area contributed by atoms with Crippen molar-refractivity contribution in [2.24, 2.45) is 11.8 Å². The molecule has 1 heterocycles. The third-order valence-electron chi connectivity index (χ3n) is 4.23. The zero-order chi connectivity index (χ0) is 13.8. The highest BCUT2D eigenvalue weighted by Gasteiger charge is 2.27. The molecule has 0 saturated heterocycles.